The molecule has 6 aromatic rings. The fourth-order valence-corrected chi connectivity index (χ4v) is 6.60. The molecule has 0 aliphatic rings. The van der Waals surface area contributed by atoms with Crippen molar-refractivity contribution < 1.29 is 9.59 Å². The highest BCUT2D eigenvalue weighted by atomic mass is 32.1. The number of hydrogen-bond donors (Lipinski definition) is 4. The second kappa shape index (κ2) is 14.3. The summed E-state index contributed by atoms with van der Waals surface area (Å²) in [5.74, 6) is 0. The highest BCUT2D eigenvalue weighted by Gasteiger charge is 2.12. The monoisotopic (exact) mass is 654 g/mol. The molecule has 0 spiro atoms. The number of fused-ring (bicyclic) bond motifs is 2. The number of aromatic nitrogens is 4. The van der Waals surface area contributed by atoms with Gasteiger partial charge in [-0.05, 0) is 91.9 Å². The van der Waals surface area contributed by atoms with Crippen LogP contribution in [0.5, 0.6) is 0 Å². The van der Waals surface area contributed by atoms with Crippen molar-refractivity contribution in [1.29, 1.82) is 0 Å². The number of amides is 4. The average molecular weight is 655 g/mol. The van der Waals surface area contributed by atoms with Crippen molar-refractivity contribution in [2.24, 2.45) is 7.05 Å². The molecular formula is C33H34N8O3S2. The maximum Gasteiger partial charge on any atom is 0.321 e. The molecule has 0 saturated heterocycles. The zero-order chi connectivity index (χ0) is 32.8. The van der Waals surface area contributed by atoms with E-state index in [4.69, 9.17) is 0 Å². The molecule has 0 aliphatic heterocycles. The second-order valence-corrected chi connectivity index (χ2v) is 12.4. The number of aryl methyl sites for hydroxylation is 3. The summed E-state index contributed by atoms with van der Waals surface area (Å²) in [4.78, 5) is 48.2. The number of carbonyl (C=O) groups excluding carboxylic acids is 2. The summed E-state index contributed by atoms with van der Waals surface area (Å²) in [7, 11) is 1.72. The van der Waals surface area contributed by atoms with Crippen LogP contribution in [0.3, 0.4) is 0 Å². The first-order valence-electron chi connectivity index (χ1n) is 14.6. The smallest absolute Gasteiger partial charge is 0.321 e. The fraction of sp³-hybridized carbons (Fsp3) is 0.212. The zero-order valence-electron chi connectivity index (χ0n) is 26.1. The summed E-state index contributed by atoms with van der Waals surface area (Å²) >= 11 is 2.90. The van der Waals surface area contributed by atoms with E-state index in [1.807, 2.05) is 63.4 Å². The first-order valence-corrected chi connectivity index (χ1v) is 16.3. The molecule has 46 heavy (non-hydrogen) atoms. The number of urea groups is 2. The number of hydrogen-bond acceptors (Lipinski definition) is 8. The van der Waals surface area contributed by atoms with Gasteiger partial charge in [0.25, 0.3) is 5.56 Å². The van der Waals surface area contributed by atoms with Gasteiger partial charge in [0.2, 0.25) is 0 Å². The van der Waals surface area contributed by atoms with Crippen LogP contribution in [0.1, 0.15) is 25.0 Å². The number of thiazole rings is 2. The van der Waals surface area contributed by atoms with Crippen LogP contribution in [0, 0.1) is 13.8 Å². The summed E-state index contributed by atoms with van der Waals surface area (Å²) in [5.41, 5.74) is 7.85. The van der Waals surface area contributed by atoms with E-state index in [0.29, 0.717) is 23.4 Å². The van der Waals surface area contributed by atoms with Gasteiger partial charge in [-0.15, -0.1) is 0 Å². The van der Waals surface area contributed by atoms with Crippen LogP contribution in [-0.4, -0.2) is 44.7 Å². The van der Waals surface area contributed by atoms with Gasteiger partial charge < -0.3 is 15.2 Å². The molecule has 0 saturated carbocycles. The average Bonchev–Trinajstić information content (AvgIpc) is 3.60. The molecule has 11 nitrogen and oxygen atoms in total. The third-order valence-electron chi connectivity index (χ3n) is 6.97. The van der Waals surface area contributed by atoms with Crippen molar-refractivity contribution in [2.75, 3.05) is 23.7 Å². The van der Waals surface area contributed by atoms with E-state index in [0.717, 1.165) is 53.8 Å². The van der Waals surface area contributed by atoms with Gasteiger partial charge in [-0.1, -0.05) is 28.7 Å². The Morgan fingerprint density at radius 2 is 1.33 bits per heavy atom. The lowest BCUT2D eigenvalue weighted by Crippen LogP contribution is -2.28. The topological polar surface area (TPSA) is 143 Å². The normalized spacial score (nSPS) is 10.7. The van der Waals surface area contributed by atoms with Crippen molar-refractivity contribution >= 4 is 65.4 Å². The van der Waals surface area contributed by atoms with Gasteiger partial charge in [0.05, 0.1) is 20.4 Å². The van der Waals surface area contributed by atoms with Gasteiger partial charge >= 0.3 is 12.1 Å². The summed E-state index contributed by atoms with van der Waals surface area (Å²) in [5, 5.41) is 12.0. The van der Waals surface area contributed by atoms with E-state index < -0.39 is 0 Å². The Balaban J connectivity index is 0.000000182. The summed E-state index contributed by atoms with van der Waals surface area (Å²) in [6, 6.07) is 15.1. The van der Waals surface area contributed by atoms with E-state index >= 15 is 0 Å². The van der Waals surface area contributed by atoms with Crippen LogP contribution >= 0.6 is 22.7 Å². The lowest BCUT2D eigenvalue weighted by atomic mass is 10.0. The number of anilines is 2. The molecule has 6 rings (SSSR count). The lowest BCUT2D eigenvalue weighted by Gasteiger charge is -2.06. The van der Waals surface area contributed by atoms with Crippen LogP contribution in [-0.2, 0) is 7.05 Å². The molecule has 0 aliphatic carbocycles. The molecule has 0 fully saturated rings. The van der Waals surface area contributed by atoms with Crippen LogP contribution < -0.4 is 26.8 Å². The standard InChI is InChI=1S/C17H18N4O2S.C16H16N4OS/c1-4-18-16(23)20-17-19-13-9-12(10(2)7-14(13)24-17)11-5-6-21(3)15(22)8-11;1-3-18-15(21)20-16-19-13-8-12(10(2)7-14(13)22-16)11-5-4-6-17-9-11/h5-9H,4H2,1-3H3,(H2,18,19,20,23);4-9H,3H2,1-2H3,(H2,18,19,20,21). The highest BCUT2D eigenvalue weighted by molar-refractivity contribution is 7.22. The Kier molecular flexibility index (Phi) is 10.0. The Labute approximate surface area is 273 Å². The molecule has 4 amide bonds. The van der Waals surface area contributed by atoms with Gasteiger partial charge in [-0.25, -0.2) is 19.6 Å². The largest absolute Gasteiger partial charge is 0.338 e. The first kappa shape index (κ1) is 32.3. The molecule has 13 heteroatoms. The third kappa shape index (κ3) is 7.56. The van der Waals surface area contributed by atoms with E-state index in [1.165, 1.54) is 27.2 Å². The Hall–Kier alpha value is -5.14. The predicted molar refractivity (Wildman–Crippen MR) is 188 cm³/mol. The summed E-state index contributed by atoms with van der Waals surface area (Å²) < 4.78 is 3.58. The van der Waals surface area contributed by atoms with Crippen LogP contribution in [0.25, 0.3) is 42.7 Å². The SMILES string of the molecule is CCNC(=O)Nc1nc2cc(-c3cccnc3)c(C)cc2s1.CCNC(=O)Nc1nc2cc(-c3ccn(C)c(=O)c3)c(C)cc2s1. The van der Waals surface area contributed by atoms with E-state index in [-0.39, 0.29) is 17.6 Å². The maximum atomic E-state index is 11.9. The number of carbonyl (C=O) groups is 2. The molecule has 2 aromatic carbocycles. The minimum atomic E-state index is -0.264. The van der Waals surface area contributed by atoms with Crippen molar-refractivity contribution in [2.45, 2.75) is 27.7 Å². The zero-order valence-corrected chi connectivity index (χ0v) is 27.7. The summed E-state index contributed by atoms with van der Waals surface area (Å²) in [6.45, 7) is 8.95. The molecule has 0 bridgehead atoms. The van der Waals surface area contributed by atoms with Gasteiger partial charge in [0.15, 0.2) is 10.3 Å². The van der Waals surface area contributed by atoms with Crippen molar-refractivity contribution in [3.63, 3.8) is 0 Å². The minimum Gasteiger partial charge on any atom is -0.338 e. The van der Waals surface area contributed by atoms with Gasteiger partial charge in [0, 0.05) is 50.4 Å². The molecule has 236 valence electrons. The lowest BCUT2D eigenvalue weighted by molar-refractivity contribution is 0.251. The molecule has 0 unspecified atom stereocenters. The molecular weight excluding hydrogens is 621 g/mol. The highest BCUT2D eigenvalue weighted by Crippen LogP contribution is 2.34. The van der Waals surface area contributed by atoms with E-state index in [2.05, 4.69) is 49.2 Å². The van der Waals surface area contributed by atoms with E-state index in [1.54, 1.807) is 25.5 Å². The third-order valence-corrected chi connectivity index (χ3v) is 8.84. The number of nitrogens with zero attached hydrogens (tertiary/aromatic N) is 4. The van der Waals surface area contributed by atoms with Crippen molar-refractivity contribution in [3.05, 3.63) is 88.6 Å². The molecule has 0 atom stereocenters. The first-order chi connectivity index (χ1) is 22.1. The number of benzene rings is 2. The number of pyridine rings is 2. The quantitative estimate of drug-likeness (QED) is 0.154. The molecule has 0 radical (unpaired) electrons. The molecule has 4 heterocycles. The second-order valence-electron chi connectivity index (χ2n) is 10.4. The van der Waals surface area contributed by atoms with Crippen molar-refractivity contribution in [1.82, 2.24) is 30.2 Å². The summed E-state index contributed by atoms with van der Waals surface area (Å²) in [6.07, 6.45) is 5.35. The van der Waals surface area contributed by atoms with Crippen molar-refractivity contribution in [3.8, 4) is 22.3 Å². The number of rotatable bonds is 6. The van der Waals surface area contributed by atoms with Crippen LogP contribution in [0.15, 0.2) is 71.9 Å². The predicted octanol–water partition coefficient (Wildman–Crippen LogP) is 6.92. The Morgan fingerprint density at radius 3 is 1.80 bits per heavy atom. The molecule has 4 N–H and O–H groups in total. The maximum absolute atomic E-state index is 11.9. The van der Waals surface area contributed by atoms with E-state index in [9.17, 15) is 14.4 Å². The van der Waals surface area contributed by atoms with Gasteiger partial charge in [-0.3, -0.25) is 20.4 Å². The fourth-order valence-electron chi connectivity index (χ4n) is 4.72. The van der Waals surface area contributed by atoms with Crippen LogP contribution in [0.4, 0.5) is 19.9 Å². The van der Waals surface area contributed by atoms with Gasteiger partial charge in [-0.2, -0.15) is 0 Å². The molecule has 4 aromatic heterocycles. The van der Waals surface area contributed by atoms with Crippen LogP contribution in [0.2, 0.25) is 0 Å². The van der Waals surface area contributed by atoms with Gasteiger partial charge in [0.1, 0.15) is 0 Å². The Bertz CT molecular complexity index is 2090. The number of nitrogens with one attached hydrogen (secondary N) is 4. The minimum absolute atomic E-state index is 0.0520. The Morgan fingerprint density at radius 1 is 0.783 bits per heavy atom.